The number of hydrogen-bond donors (Lipinski definition) is 3. The summed E-state index contributed by atoms with van der Waals surface area (Å²) in [5.41, 5.74) is 4.92. The van der Waals surface area contributed by atoms with Gasteiger partial charge in [-0.15, -0.1) is 0 Å². The molecule has 7 nitrogen and oxygen atoms in total. The summed E-state index contributed by atoms with van der Waals surface area (Å²) in [6, 6.07) is 0. The van der Waals surface area contributed by atoms with Crippen molar-refractivity contribution in [3.8, 4) is 0 Å². The van der Waals surface area contributed by atoms with Gasteiger partial charge in [0.05, 0.1) is 19.3 Å². The van der Waals surface area contributed by atoms with Crippen molar-refractivity contribution in [2.45, 2.75) is 84.2 Å². The minimum atomic E-state index is -4.32. The fraction of sp³-hybridized carbons (Fsp3) is 1.00. The number of nitrogens with two attached hydrogens (primary N) is 1. The summed E-state index contributed by atoms with van der Waals surface area (Å²) >= 11 is 0. The van der Waals surface area contributed by atoms with E-state index in [4.69, 9.17) is 20.1 Å². The second-order valence-electron chi connectivity index (χ2n) is 6.13. The Bertz CT molecular complexity index is 349. The van der Waals surface area contributed by atoms with E-state index in [-0.39, 0.29) is 19.3 Å². The van der Waals surface area contributed by atoms with Crippen molar-refractivity contribution in [1.82, 2.24) is 0 Å². The van der Waals surface area contributed by atoms with Gasteiger partial charge in [0.1, 0.15) is 0 Å². The lowest BCUT2D eigenvalue weighted by Gasteiger charge is -2.04. The van der Waals surface area contributed by atoms with Crippen LogP contribution in [0.2, 0.25) is 0 Å². The first-order valence-electron chi connectivity index (χ1n) is 9.41. The Balaban J connectivity index is 0. The molecule has 0 rings (SSSR count). The molecular formula is C17H39NO6S. The van der Waals surface area contributed by atoms with Crippen molar-refractivity contribution >= 4 is 10.4 Å². The van der Waals surface area contributed by atoms with Crippen molar-refractivity contribution in [2.75, 3.05) is 26.4 Å². The smallest absolute Gasteiger partial charge is 0.392 e. The Kier molecular flexibility index (Phi) is 21.7. The third-order valence-electron chi connectivity index (χ3n) is 3.44. The minimum Gasteiger partial charge on any atom is -0.392 e. The van der Waals surface area contributed by atoms with Crippen LogP contribution in [-0.4, -0.2) is 50.5 Å². The molecule has 0 aliphatic heterocycles. The number of ether oxygens (including phenoxy) is 1. The van der Waals surface area contributed by atoms with Gasteiger partial charge in [-0.25, -0.2) is 4.18 Å². The summed E-state index contributed by atoms with van der Waals surface area (Å²) in [4.78, 5) is 0. The zero-order valence-electron chi connectivity index (χ0n) is 16.0. The molecule has 4 N–H and O–H groups in total. The van der Waals surface area contributed by atoms with Crippen molar-refractivity contribution in [3.05, 3.63) is 0 Å². The zero-order chi connectivity index (χ0) is 19.4. The normalized spacial score (nSPS) is 12.5. The maximum atomic E-state index is 10.2. The largest absolute Gasteiger partial charge is 0.397 e. The second kappa shape index (κ2) is 20.1. The van der Waals surface area contributed by atoms with E-state index >= 15 is 0 Å². The summed E-state index contributed by atoms with van der Waals surface area (Å²) in [6.07, 6.45) is 12.4. The molecule has 0 aliphatic rings. The van der Waals surface area contributed by atoms with Gasteiger partial charge in [-0.3, -0.25) is 4.55 Å². The Hall–Kier alpha value is -0.250. The van der Waals surface area contributed by atoms with Crippen LogP contribution < -0.4 is 5.73 Å². The minimum absolute atomic E-state index is 0.128. The van der Waals surface area contributed by atoms with E-state index in [0.29, 0.717) is 13.2 Å². The van der Waals surface area contributed by atoms with Gasteiger partial charge in [0.25, 0.3) is 0 Å². The fourth-order valence-electron chi connectivity index (χ4n) is 1.99. The lowest BCUT2D eigenvalue weighted by molar-refractivity contribution is 0.0945. The van der Waals surface area contributed by atoms with Gasteiger partial charge in [0.15, 0.2) is 0 Å². The van der Waals surface area contributed by atoms with Gasteiger partial charge in [-0.05, 0) is 13.3 Å². The Morgan fingerprint density at radius 2 is 1.32 bits per heavy atom. The number of hydrogen-bond acceptors (Lipinski definition) is 6. The molecule has 8 heteroatoms. The number of rotatable bonds is 16. The molecule has 0 fully saturated rings. The van der Waals surface area contributed by atoms with Crippen LogP contribution in [0.3, 0.4) is 0 Å². The predicted octanol–water partition coefficient (Wildman–Crippen LogP) is 3.07. The number of unbranched alkanes of at least 4 members (excludes halogenated alkanes) is 9. The Morgan fingerprint density at radius 3 is 1.72 bits per heavy atom. The highest BCUT2D eigenvalue weighted by Gasteiger charge is 2.02. The average Bonchev–Trinajstić information content (AvgIpc) is 2.54. The van der Waals surface area contributed by atoms with E-state index in [2.05, 4.69) is 11.1 Å². The number of aliphatic hydroxyl groups is 1. The monoisotopic (exact) mass is 385 g/mol. The molecule has 0 aromatic rings. The highest BCUT2D eigenvalue weighted by Crippen LogP contribution is 2.10. The molecule has 1 atom stereocenters. The first-order chi connectivity index (χ1) is 11.8. The maximum Gasteiger partial charge on any atom is 0.397 e. The number of aliphatic hydroxyl groups excluding tert-OH is 1. The van der Waals surface area contributed by atoms with Crippen molar-refractivity contribution < 1.29 is 27.0 Å². The quantitative estimate of drug-likeness (QED) is 0.276. The third-order valence-corrected chi connectivity index (χ3v) is 3.91. The molecule has 0 heterocycles. The molecule has 0 saturated heterocycles. The van der Waals surface area contributed by atoms with Gasteiger partial charge < -0.3 is 15.6 Å². The first kappa shape index (κ1) is 27.0. The summed E-state index contributed by atoms with van der Waals surface area (Å²) in [7, 11) is -4.32. The van der Waals surface area contributed by atoms with Gasteiger partial charge in [0.2, 0.25) is 0 Å². The zero-order valence-corrected chi connectivity index (χ0v) is 16.8. The highest BCUT2D eigenvalue weighted by atomic mass is 32.3. The molecular weight excluding hydrogens is 346 g/mol. The molecule has 0 aliphatic carbocycles. The molecule has 0 radical (unpaired) electrons. The predicted molar refractivity (Wildman–Crippen MR) is 101 cm³/mol. The molecule has 1 unspecified atom stereocenters. The lowest BCUT2D eigenvalue weighted by Crippen LogP contribution is -2.14. The molecule has 0 aromatic carbocycles. The first-order valence-corrected chi connectivity index (χ1v) is 10.8. The van der Waals surface area contributed by atoms with Gasteiger partial charge >= 0.3 is 10.4 Å². The van der Waals surface area contributed by atoms with Crippen LogP contribution >= 0.6 is 0 Å². The van der Waals surface area contributed by atoms with Gasteiger partial charge in [-0.1, -0.05) is 64.7 Å². The summed E-state index contributed by atoms with van der Waals surface area (Å²) in [6.45, 7) is 4.93. The topological polar surface area (TPSA) is 119 Å². The Labute approximate surface area is 154 Å². The van der Waals surface area contributed by atoms with Crippen LogP contribution in [-0.2, 0) is 19.3 Å². The summed E-state index contributed by atoms with van der Waals surface area (Å²) < 4.78 is 38.1. The third kappa shape index (κ3) is 32.0. The molecule has 154 valence electrons. The van der Waals surface area contributed by atoms with Gasteiger partial charge in [0, 0.05) is 13.2 Å². The molecule has 0 spiro atoms. The lowest BCUT2D eigenvalue weighted by atomic mass is 10.1. The summed E-state index contributed by atoms with van der Waals surface area (Å²) in [5.74, 6) is 0. The SMILES string of the molecule is CC(O)CN.CCCCCCCCCCCCOCCOS(=O)(=O)O. The van der Waals surface area contributed by atoms with Crippen LogP contribution in [0.15, 0.2) is 0 Å². The van der Waals surface area contributed by atoms with Crippen LogP contribution in [0.1, 0.15) is 78.1 Å². The molecule has 25 heavy (non-hydrogen) atoms. The van der Waals surface area contributed by atoms with Crippen LogP contribution in [0, 0.1) is 0 Å². The highest BCUT2D eigenvalue weighted by molar-refractivity contribution is 7.80. The van der Waals surface area contributed by atoms with Crippen LogP contribution in [0.25, 0.3) is 0 Å². The Morgan fingerprint density at radius 1 is 0.880 bits per heavy atom. The van der Waals surface area contributed by atoms with Crippen LogP contribution in [0.4, 0.5) is 0 Å². The molecule has 0 amide bonds. The van der Waals surface area contributed by atoms with Crippen molar-refractivity contribution in [1.29, 1.82) is 0 Å². The van der Waals surface area contributed by atoms with E-state index < -0.39 is 10.4 Å². The van der Waals surface area contributed by atoms with E-state index in [0.717, 1.165) is 12.8 Å². The molecule has 0 aromatic heterocycles. The average molecular weight is 386 g/mol. The fourth-order valence-corrected chi connectivity index (χ4v) is 2.27. The molecule has 0 bridgehead atoms. The molecule has 0 saturated carbocycles. The van der Waals surface area contributed by atoms with Gasteiger partial charge in [-0.2, -0.15) is 8.42 Å². The van der Waals surface area contributed by atoms with Crippen molar-refractivity contribution in [2.24, 2.45) is 5.73 Å². The van der Waals surface area contributed by atoms with Crippen molar-refractivity contribution in [3.63, 3.8) is 0 Å². The standard InChI is InChI=1S/C14H30O5S.C3H9NO/c1-2-3-4-5-6-7-8-9-10-11-12-18-13-14-19-20(15,16)17;1-3(5)2-4/h2-14H2,1H3,(H,15,16,17);3,5H,2,4H2,1H3. The van der Waals surface area contributed by atoms with E-state index in [9.17, 15) is 8.42 Å². The van der Waals surface area contributed by atoms with E-state index in [1.807, 2.05) is 0 Å². The maximum absolute atomic E-state index is 10.2. The second-order valence-corrected chi connectivity index (χ2v) is 7.22. The summed E-state index contributed by atoms with van der Waals surface area (Å²) in [5, 5.41) is 8.24. The van der Waals surface area contributed by atoms with E-state index in [1.165, 1.54) is 51.4 Å². The van der Waals surface area contributed by atoms with E-state index in [1.54, 1.807) is 6.92 Å². The van der Waals surface area contributed by atoms with Crippen LogP contribution in [0.5, 0.6) is 0 Å².